The normalized spacial score (nSPS) is 11.2. The van der Waals surface area contributed by atoms with Gasteiger partial charge in [-0.25, -0.2) is 0 Å². The van der Waals surface area contributed by atoms with E-state index < -0.39 is 0 Å². The number of ether oxygens (including phenoxy) is 2. The van der Waals surface area contributed by atoms with Gasteiger partial charge in [-0.2, -0.15) is 5.26 Å². The minimum absolute atomic E-state index is 0.468. The van der Waals surface area contributed by atoms with Gasteiger partial charge in [-0.3, -0.25) is 0 Å². The Kier molecular flexibility index (Phi) is 6.67. The summed E-state index contributed by atoms with van der Waals surface area (Å²) >= 11 is 0. The average Bonchev–Trinajstić information content (AvgIpc) is 2.64. The van der Waals surface area contributed by atoms with Gasteiger partial charge in [0.1, 0.15) is 18.1 Å². The zero-order chi connectivity index (χ0) is 18.1. The fourth-order valence-corrected chi connectivity index (χ4v) is 2.35. The predicted octanol–water partition coefficient (Wildman–Crippen LogP) is 4.26. The van der Waals surface area contributed by atoms with Crippen molar-refractivity contribution in [2.75, 3.05) is 21.2 Å². The summed E-state index contributed by atoms with van der Waals surface area (Å²) in [5.74, 6) is 1.62. The smallest absolute Gasteiger partial charge is 0.129 e. The molecule has 25 heavy (non-hydrogen) atoms. The minimum atomic E-state index is 0.468. The molecule has 0 heterocycles. The summed E-state index contributed by atoms with van der Waals surface area (Å²) in [5.41, 5.74) is 3.01. The molecule has 0 bridgehead atoms. The van der Waals surface area contributed by atoms with E-state index in [1.807, 2.05) is 79.7 Å². The van der Waals surface area contributed by atoms with E-state index in [2.05, 4.69) is 0 Å². The van der Waals surface area contributed by atoms with Gasteiger partial charge in [-0.1, -0.05) is 24.3 Å². The molecule has 2 aromatic rings. The molecule has 2 rings (SSSR count). The van der Waals surface area contributed by atoms with Crippen LogP contribution in [0.4, 0.5) is 0 Å². The largest absolute Gasteiger partial charge is 0.497 e. The third kappa shape index (κ3) is 5.15. The van der Waals surface area contributed by atoms with Crippen LogP contribution in [-0.2, 0) is 6.61 Å². The Morgan fingerprint density at radius 1 is 1.12 bits per heavy atom. The number of benzene rings is 2. The number of hydrogen-bond acceptors (Lipinski definition) is 4. The molecule has 0 unspecified atom stereocenters. The molecule has 0 aromatic heterocycles. The number of nitrogens with zero attached hydrogens (tertiary/aromatic N) is 2. The summed E-state index contributed by atoms with van der Waals surface area (Å²) in [6.45, 7) is 0.468. The monoisotopic (exact) mass is 334 g/mol. The summed E-state index contributed by atoms with van der Waals surface area (Å²) in [4.78, 5) is 2.00. The highest BCUT2D eigenvalue weighted by Crippen LogP contribution is 2.28. The second-order valence-electron chi connectivity index (χ2n) is 5.57. The van der Waals surface area contributed by atoms with Crippen LogP contribution in [0, 0.1) is 11.3 Å². The molecule has 0 saturated carbocycles. The van der Waals surface area contributed by atoms with Gasteiger partial charge in [0.15, 0.2) is 0 Å². The molecule has 0 aliphatic rings. The van der Waals surface area contributed by atoms with Gasteiger partial charge in [-0.05, 0) is 42.0 Å². The molecular formula is C21H22N2O2. The lowest BCUT2D eigenvalue weighted by Crippen LogP contribution is -2.11. The first-order chi connectivity index (χ1) is 12.2. The topological polar surface area (TPSA) is 45.5 Å². The van der Waals surface area contributed by atoms with E-state index in [1.54, 1.807) is 13.2 Å². The molecule has 2 aromatic carbocycles. The Hall–Kier alpha value is -3.19. The summed E-state index contributed by atoms with van der Waals surface area (Å²) in [7, 11) is 5.58. The number of hydrogen-bond donors (Lipinski definition) is 0. The van der Waals surface area contributed by atoms with Crippen LogP contribution in [0.1, 0.15) is 11.1 Å². The standard InChI is InChI=1S/C21H22N2O2/c1-23(2)20(9-6-7-15-22)19-8-4-5-10-21(19)25-16-17-11-13-18(24-3)14-12-17/h4-14H,16H2,1-3H3/b7-6-,20-9-. The first-order valence-electron chi connectivity index (χ1n) is 7.94. The zero-order valence-corrected chi connectivity index (χ0v) is 14.8. The van der Waals surface area contributed by atoms with Crippen LogP contribution in [-0.4, -0.2) is 26.1 Å². The van der Waals surface area contributed by atoms with Crippen LogP contribution < -0.4 is 9.47 Å². The second-order valence-corrected chi connectivity index (χ2v) is 5.57. The third-order valence-electron chi connectivity index (χ3n) is 3.62. The van der Waals surface area contributed by atoms with Crippen LogP contribution in [0.25, 0.3) is 5.70 Å². The maximum atomic E-state index is 8.68. The third-order valence-corrected chi connectivity index (χ3v) is 3.62. The maximum Gasteiger partial charge on any atom is 0.129 e. The van der Waals surface area contributed by atoms with Crippen molar-refractivity contribution in [3.05, 3.63) is 77.9 Å². The molecule has 0 spiro atoms. The summed E-state index contributed by atoms with van der Waals surface area (Å²) in [5, 5.41) is 8.68. The van der Waals surface area contributed by atoms with Crippen molar-refractivity contribution >= 4 is 5.70 Å². The van der Waals surface area contributed by atoms with Crippen molar-refractivity contribution in [1.29, 1.82) is 5.26 Å². The fourth-order valence-electron chi connectivity index (χ4n) is 2.35. The van der Waals surface area contributed by atoms with Crippen LogP contribution in [0.3, 0.4) is 0 Å². The molecule has 0 N–H and O–H groups in total. The van der Waals surface area contributed by atoms with Crippen LogP contribution in [0.15, 0.2) is 66.8 Å². The predicted molar refractivity (Wildman–Crippen MR) is 100 cm³/mol. The van der Waals surface area contributed by atoms with Gasteiger partial charge in [0, 0.05) is 31.4 Å². The Balaban J connectivity index is 2.22. The number of para-hydroxylation sites is 1. The van der Waals surface area contributed by atoms with Crippen molar-refractivity contribution < 1.29 is 9.47 Å². The van der Waals surface area contributed by atoms with E-state index >= 15 is 0 Å². The molecule has 4 nitrogen and oxygen atoms in total. The molecule has 0 fully saturated rings. The molecule has 0 saturated heterocycles. The molecule has 128 valence electrons. The highest BCUT2D eigenvalue weighted by molar-refractivity contribution is 5.70. The maximum absolute atomic E-state index is 8.68. The zero-order valence-electron chi connectivity index (χ0n) is 14.8. The van der Waals surface area contributed by atoms with Gasteiger partial charge in [-0.15, -0.1) is 0 Å². The van der Waals surface area contributed by atoms with Gasteiger partial charge < -0.3 is 14.4 Å². The van der Waals surface area contributed by atoms with Crippen molar-refractivity contribution in [1.82, 2.24) is 4.90 Å². The van der Waals surface area contributed by atoms with Crippen molar-refractivity contribution in [2.24, 2.45) is 0 Å². The van der Waals surface area contributed by atoms with Crippen LogP contribution >= 0.6 is 0 Å². The van der Waals surface area contributed by atoms with E-state index in [9.17, 15) is 0 Å². The Labute approximate surface area is 149 Å². The molecule has 0 atom stereocenters. The SMILES string of the molecule is COc1ccc(COc2ccccc2/C(=C/C=C\C#N)N(C)C)cc1. The molecule has 0 aliphatic heterocycles. The van der Waals surface area contributed by atoms with Crippen molar-refractivity contribution in [2.45, 2.75) is 6.61 Å². The Morgan fingerprint density at radius 2 is 1.84 bits per heavy atom. The number of rotatable bonds is 7. The Bertz CT molecular complexity index is 784. The summed E-state index contributed by atoms with van der Waals surface area (Å²) < 4.78 is 11.2. The van der Waals surface area contributed by atoms with Crippen molar-refractivity contribution in [3.8, 4) is 17.6 Å². The highest BCUT2D eigenvalue weighted by atomic mass is 16.5. The van der Waals surface area contributed by atoms with Gasteiger partial charge >= 0.3 is 0 Å². The lowest BCUT2D eigenvalue weighted by atomic mass is 10.1. The quantitative estimate of drug-likeness (QED) is 0.561. The van der Waals surface area contributed by atoms with E-state index in [4.69, 9.17) is 14.7 Å². The van der Waals surface area contributed by atoms with Crippen molar-refractivity contribution in [3.63, 3.8) is 0 Å². The molecular weight excluding hydrogens is 312 g/mol. The first-order valence-corrected chi connectivity index (χ1v) is 7.94. The summed E-state index contributed by atoms with van der Waals surface area (Å²) in [6.07, 6.45) is 5.08. The Morgan fingerprint density at radius 3 is 2.48 bits per heavy atom. The molecule has 0 radical (unpaired) electrons. The van der Waals surface area contributed by atoms with Gasteiger partial charge in [0.25, 0.3) is 0 Å². The number of allylic oxidation sites excluding steroid dienone is 3. The average molecular weight is 334 g/mol. The molecule has 4 heteroatoms. The van der Waals surface area contributed by atoms with Crippen LogP contribution in [0.5, 0.6) is 11.5 Å². The molecule has 0 aliphatic carbocycles. The first kappa shape index (κ1) is 18.2. The second kappa shape index (κ2) is 9.19. The van der Waals surface area contributed by atoms with E-state index in [0.717, 1.165) is 28.3 Å². The lowest BCUT2D eigenvalue weighted by Gasteiger charge is -2.20. The number of nitriles is 1. The number of methoxy groups -OCH3 is 1. The van der Waals surface area contributed by atoms with Gasteiger partial charge in [0.05, 0.1) is 13.2 Å². The van der Waals surface area contributed by atoms with Gasteiger partial charge in [0.2, 0.25) is 0 Å². The van der Waals surface area contributed by atoms with E-state index in [0.29, 0.717) is 6.61 Å². The lowest BCUT2D eigenvalue weighted by molar-refractivity contribution is 0.304. The summed E-state index contributed by atoms with van der Waals surface area (Å²) in [6, 6.07) is 17.7. The minimum Gasteiger partial charge on any atom is -0.497 e. The van der Waals surface area contributed by atoms with Crippen LogP contribution in [0.2, 0.25) is 0 Å². The fraction of sp³-hybridized carbons (Fsp3) is 0.190. The van der Waals surface area contributed by atoms with E-state index in [1.165, 1.54) is 6.08 Å². The molecule has 0 amide bonds. The van der Waals surface area contributed by atoms with E-state index in [-0.39, 0.29) is 0 Å². The highest BCUT2D eigenvalue weighted by Gasteiger charge is 2.10.